The van der Waals surface area contributed by atoms with E-state index in [9.17, 15) is 0 Å². The summed E-state index contributed by atoms with van der Waals surface area (Å²) >= 11 is 7.44. The van der Waals surface area contributed by atoms with Crippen molar-refractivity contribution < 1.29 is 0 Å². The second kappa shape index (κ2) is 6.91. The van der Waals surface area contributed by atoms with Crippen LogP contribution in [0.1, 0.15) is 31.1 Å². The lowest BCUT2D eigenvalue weighted by Gasteiger charge is -1.99. The largest absolute Gasteiger partial charge is 0.156 e. The molecule has 0 fully saturated rings. The first-order valence-electron chi connectivity index (χ1n) is 4.64. The van der Waals surface area contributed by atoms with Crippen molar-refractivity contribution in [2.24, 2.45) is 0 Å². The molecule has 0 radical (unpaired) electrons. The third kappa shape index (κ3) is 4.52. The highest BCUT2D eigenvalue weighted by Crippen LogP contribution is 2.27. The number of unbranched alkanes of at least 4 members (excludes halogenated alkanes) is 2. The molecule has 1 aromatic heterocycles. The van der Waals surface area contributed by atoms with E-state index < -0.39 is 0 Å². The van der Waals surface area contributed by atoms with Crippen LogP contribution in [0.5, 0.6) is 0 Å². The minimum atomic E-state index is 1.17. The van der Waals surface area contributed by atoms with Crippen molar-refractivity contribution in [3.8, 4) is 0 Å². The summed E-state index contributed by atoms with van der Waals surface area (Å²) in [6.07, 6.45) is 4.06. The molecule has 13 heavy (non-hydrogen) atoms. The second-order valence-corrected chi connectivity index (χ2v) is 5.91. The van der Waals surface area contributed by atoms with E-state index in [1.165, 1.54) is 40.1 Å². The Kier molecular flexibility index (Phi) is 6.16. The average Bonchev–Trinajstić information content (AvgIpc) is 2.52. The zero-order chi connectivity index (χ0) is 9.52. The van der Waals surface area contributed by atoms with E-state index in [1.807, 2.05) is 23.1 Å². The highest BCUT2D eigenvalue weighted by atomic mass is 79.9. The summed E-state index contributed by atoms with van der Waals surface area (Å²) in [6.45, 7) is 2.25. The lowest BCUT2D eigenvalue weighted by molar-refractivity contribution is 0.778. The Hall–Kier alpha value is 0.530. The number of rotatable bonds is 6. The minimum absolute atomic E-state index is 1.17. The lowest BCUT2D eigenvalue weighted by atomic mass is 10.3. The van der Waals surface area contributed by atoms with Gasteiger partial charge in [-0.2, -0.15) is 11.8 Å². The van der Waals surface area contributed by atoms with Gasteiger partial charge in [0, 0.05) is 15.1 Å². The first kappa shape index (κ1) is 11.6. The monoisotopic (exact) mass is 278 g/mol. The maximum atomic E-state index is 3.55. The van der Waals surface area contributed by atoms with Crippen molar-refractivity contribution in [3.63, 3.8) is 0 Å². The Morgan fingerprint density at radius 2 is 2.31 bits per heavy atom. The standard InChI is InChI=1S/C10H15BrS2/c1-2-3-4-6-12-8-10-9(11)5-7-13-10/h5,7H,2-4,6,8H2,1H3. The Morgan fingerprint density at radius 3 is 2.92 bits per heavy atom. The lowest BCUT2D eigenvalue weighted by Crippen LogP contribution is -1.81. The number of hydrogen-bond acceptors (Lipinski definition) is 2. The smallest absolute Gasteiger partial charge is 0.0322 e. The molecule has 0 aliphatic rings. The fourth-order valence-corrected chi connectivity index (χ4v) is 3.93. The molecule has 0 nitrogen and oxygen atoms in total. The van der Waals surface area contributed by atoms with Gasteiger partial charge in [0.05, 0.1) is 0 Å². The molecule has 0 aromatic carbocycles. The fraction of sp³-hybridized carbons (Fsp3) is 0.600. The molecule has 0 N–H and O–H groups in total. The van der Waals surface area contributed by atoms with E-state index in [1.54, 1.807) is 0 Å². The number of hydrogen-bond donors (Lipinski definition) is 0. The third-order valence-electron chi connectivity index (χ3n) is 1.82. The van der Waals surface area contributed by atoms with Crippen molar-refractivity contribution in [3.05, 3.63) is 20.8 Å². The van der Waals surface area contributed by atoms with Gasteiger partial charge in [0.25, 0.3) is 0 Å². The van der Waals surface area contributed by atoms with Gasteiger partial charge in [-0.25, -0.2) is 0 Å². The molecule has 0 bridgehead atoms. The molecule has 0 saturated heterocycles. The van der Waals surface area contributed by atoms with Gasteiger partial charge in [-0.1, -0.05) is 19.8 Å². The second-order valence-electron chi connectivity index (χ2n) is 2.95. The van der Waals surface area contributed by atoms with Crippen LogP contribution in [-0.4, -0.2) is 5.75 Å². The van der Waals surface area contributed by atoms with Crippen LogP contribution in [0, 0.1) is 0 Å². The summed E-state index contributed by atoms with van der Waals surface area (Å²) in [5.74, 6) is 2.47. The van der Waals surface area contributed by atoms with Gasteiger partial charge in [0.15, 0.2) is 0 Å². The van der Waals surface area contributed by atoms with E-state index in [-0.39, 0.29) is 0 Å². The van der Waals surface area contributed by atoms with Crippen molar-refractivity contribution in [2.45, 2.75) is 31.9 Å². The quantitative estimate of drug-likeness (QED) is 0.665. The van der Waals surface area contributed by atoms with Crippen LogP contribution in [0.25, 0.3) is 0 Å². The van der Waals surface area contributed by atoms with E-state index in [2.05, 4.69) is 34.3 Å². The molecular formula is C10H15BrS2. The van der Waals surface area contributed by atoms with Crippen molar-refractivity contribution in [1.29, 1.82) is 0 Å². The van der Waals surface area contributed by atoms with Gasteiger partial charge in [0.2, 0.25) is 0 Å². The topological polar surface area (TPSA) is 0 Å². The predicted octanol–water partition coefficient (Wildman–Crippen LogP) is 4.93. The predicted molar refractivity (Wildman–Crippen MR) is 67.7 cm³/mol. The molecule has 0 saturated carbocycles. The van der Waals surface area contributed by atoms with E-state index in [0.717, 1.165) is 0 Å². The first-order chi connectivity index (χ1) is 6.34. The Morgan fingerprint density at radius 1 is 1.46 bits per heavy atom. The van der Waals surface area contributed by atoms with Gasteiger partial charge in [0.1, 0.15) is 0 Å². The molecule has 1 heterocycles. The summed E-state index contributed by atoms with van der Waals surface area (Å²) in [7, 11) is 0. The highest BCUT2D eigenvalue weighted by molar-refractivity contribution is 9.10. The Labute approximate surface area is 97.3 Å². The Bertz CT molecular complexity index is 233. The van der Waals surface area contributed by atoms with Gasteiger partial charge in [-0.3, -0.25) is 0 Å². The SMILES string of the molecule is CCCCCSCc1sccc1Br. The summed E-state index contributed by atoms with van der Waals surface area (Å²) < 4.78 is 1.28. The summed E-state index contributed by atoms with van der Waals surface area (Å²) in [5.41, 5.74) is 0. The molecule has 1 rings (SSSR count). The van der Waals surface area contributed by atoms with Crippen LogP contribution in [0.2, 0.25) is 0 Å². The maximum Gasteiger partial charge on any atom is 0.0322 e. The zero-order valence-electron chi connectivity index (χ0n) is 7.88. The van der Waals surface area contributed by atoms with Crippen LogP contribution < -0.4 is 0 Å². The van der Waals surface area contributed by atoms with E-state index >= 15 is 0 Å². The first-order valence-corrected chi connectivity index (χ1v) is 7.47. The third-order valence-corrected chi connectivity index (χ3v) is 5.00. The summed E-state index contributed by atoms with van der Waals surface area (Å²) in [6, 6.07) is 2.13. The molecule has 1 aromatic rings. The van der Waals surface area contributed by atoms with Gasteiger partial charge in [-0.05, 0) is 39.6 Å². The highest BCUT2D eigenvalue weighted by Gasteiger charge is 2.00. The zero-order valence-corrected chi connectivity index (χ0v) is 11.1. The van der Waals surface area contributed by atoms with Crippen LogP contribution in [0.3, 0.4) is 0 Å². The van der Waals surface area contributed by atoms with Gasteiger partial charge < -0.3 is 0 Å². The van der Waals surface area contributed by atoms with Gasteiger partial charge >= 0.3 is 0 Å². The van der Waals surface area contributed by atoms with Gasteiger partial charge in [-0.15, -0.1) is 11.3 Å². The minimum Gasteiger partial charge on any atom is -0.156 e. The number of thioether (sulfide) groups is 1. The average molecular weight is 279 g/mol. The van der Waals surface area contributed by atoms with E-state index in [4.69, 9.17) is 0 Å². The van der Waals surface area contributed by atoms with Crippen molar-refractivity contribution in [1.82, 2.24) is 0 Å². The molecule has 3 heteroatoms. The molecule has 74 valence electrons. The molecule has 0 atom stereocenters. The van der Waals surface area contributed by atoms with E-state index in [0.29, 0.717) is 0 Å². The van der Waals surface area contributed by atoms with Crippen LogP contribution >= 0.6 is 39.0 Å². The van der Waals surface area contributed by atoms with Crippen molar-refractivity contribution in [2.75, 3.05) is 5.75 Å². The number of thiophene rings is 1. The van der Waals surface area contributed by atoms with Crippen LogP contribution in [-0.2, 0) is 5.75 Å². The van der Waals surface area contributed by atoms with Crippen LogP contribution in [0.15, 0.2) is 15.9 Å². The van der Waals surface area contributed by atoms with Crippen molar-refractivity contribution >= 4 is 39.0 Å². The molecule has 0 aliphatic carbocycles. The normalized spacial score (nSPS) is 10.6. The summed E-state index contributed by atoms with van der Waals surface area (Å²) in [5, 5.41) is 2.14. The molecule has 0 aliphatic heterocycles. The fourth-order valence-electron chi connectivity index (χ4n) is 1.05. The molecule has 0 spiro atoms. The van der Waals surface area contributed by atoms with Crippen LogP contribution in [0.4, 0.5) is 0 Å². The molecule has 0 unspecified atom stereocenters. The Balaban J connectivity index is 2.10. The molecule has 0 amide bonds. The maximum absolute atomic E-state index is 3.55. The molecular weight excluding hydrogens is 264 g/mol. The number of halogens is 1. The summed E-state index contributed by atoms with van der Waals surface area (Å²) in [4.78, 5) is 1.47.